The molecule has 16 heavy (non-hydrogen) atoms. The Bertz CT molecular complexity index is 235. The van der Waals surface area contributed by atoms with Crippen LogP contribution in [-0.2, 0) is 9.57 Å². The summed E-state index contributed by atoms with van der Waals surface area (Å²) in [5.41, 5.74) is -0.319. The predicted octanol–water partition coefficient (Wildman–Crippen LogP) is 1.52. The number of amides is 1. The Morgan fingerprint density at radius 2 is 2.00 bits per heavy atom. The number of rotatable bonds is 3. The summed E-state index contributed by atoms with van der Waals surface area (Å²) in [6, 6.07) is 0. The molecule has 0 aromatic carbocycles. The molecule has 1 amide bonds. The number of hydrogen-bond acceptors (Lipinski definition) is 4. The van der Waals surface area contributed by atoms with Gasteiger partial charge in [-0.2, -0.15) is 0 Å². The molecule has 1 fully saturated rings. The minimum absolute atomic E-state index is 0.215. The quantitative estimate of drug-likeness (QED) is 0.747. The lowest BCUT2D eigenvalue weighted by atomic mass is 9.83. The van der Waals surface area contributed by atoms with Gasteiger partial charge in [-0.1, -0.05) is 0 Å². The van der Waals surface area contributed by atoms with Crippen LogP contribution < -0.4 is 5.90 Å². The largest absolute Gasteiger partial charge is 0.450 e. The second-order valence-corrected chi connectivity index (χ2v) is 4.68. The van der Waals surface area contributed by atoms with Gasteiger partial charge in [-0.15, -0.1) is 0 Å². The molecule has 0 spiro atoms. The molecule has 0 aliphatic carbocycles. The van der Waals surface area contributed by atoms with Crippen molar-refractivity contribution < 1.29 is 14.4 Å². The second-order valence-electron chi connectivity index (χ2n) is 4.68. The van der Waals surface area contributed by atoms with Crippen molar-refractivity contribution >= 4 is 6.09 Å². The Morgan fingerprint density at radius 3 is 2.44 bits per heavy atom. The molecule has 0 saturated carbocycles. The lowest BCUT2D eigenvalue weighted by molar-refractivity contribution is -0.0777. The number of carbonyl (C=O) groups is 1. The summed E-state index contributed by atoms with van der Waals surface area (Å²) in [6.07, 6.45) is 1.60. The van der Waals surface area contributed by atoms with Gasteiger partial charge in [0.2, 0.25) is 0 Å². The SMILES string of the molecule is CCOC(=O)N1CCC(C(C)(C)ON)CC1. The molecule has 0 bridgehead atoms. The third-order valence-corrected chi connectivity index (χ3v) is 3.31. The molecule has 1 aliphatic heterocycles. The maximum atomic E-state index is 11.5. The molecule has 1 rings (SSSR count). The first-order valence-corrected chi connectivity index (χ1v) is 5.81. The maximum Gasteiger partial charge on any atom is 0.409 e. The number of nitrogens with zero attached hydrogens (tertiary/aromatic N) is 1. The van der Waals surface area contributed by atoms with Crippen molar-refractivity contribution in [2.45, 2.75) is 39.2 Å². The van der Waals surface area contributed by atoms with Crippen LogP contribution in [0.5, 0.6) is 0 Å². The Morgan fingerprint density at radius 1 is 1.44 bits per heavy atom. The molecular weight excluding hydrogens is 208 g/mol. The van der Waals surface area contributed by atoms with E-state index in [2.05, 4.69) is 0 Å². The van der Waals surface area contributed by atoms with Gasteiger partial charge in [0.15, 0.2) is 0 Å². The van der Waals surface area contributed by atoms with E-state index in [0.717, 1.165) is 25.9 Å². The smallest absolute Gasteiger partial charge is 0.409 e. The monoisotopic (exact) mass is 230 g/mol. The predicted molar refractivity (Wildman–Crippen MR) is 60.7 cm³/mol. The lowest BCUT2D eigenvalue weighted by Gasteiger charge is -2.38. The van der Waals surface area contributed by atoms with E-state index < -0.39 is 0 Å². The molecule has 0 aromatic heterocycles. The van der Waals surface area contributed by atoms with Crippen molar-refractivity contribution in [1.29, 1.82) is 0 Å². The van der Waals surface area contributed by atoms with Gasteiger partial charge in [0.05, 0.1) is 12.2 Å². The zero-order chi connectivity index (χ0) is 12.2. The molecule has 1 heterocycles. The van der Waals surface area contributed by atoms with Crippen LogP contribution in [0.25, 0.3) is 0 Å². The van der Waals surface area contributed by atoms with Crippen LogP contribution in [-0.4, -0.2) is 36.3 Å². The molecule has 0 radical (unpaired) electrons. The average Bonchev–Trinajstić information content (AvgIpc) is 2.29. The van der Waals surface area contributed by atoms with E-state index >= 15 is 0 Å². The zero-order valence-electron chi connectivity index (χ0n) is 10.4. The van der Waals surface area contributed by atoms with Gasteiger partial charge in [0.1, 0.15) is 0 Å². The maximum absolute atomic E-state index is 11.5. The molecule has 0 unspecified atom stereocenters. The van der Waals surface area contributed by atoms with Gasteiger partial charge in [-0.3, -0.25) is 4.84 Å². The summed E-state index contributed by atoms with van der Waals surface area (Å²) < 4.78 is 4.96. The van der Waals surface area contributed by atoms with E-state index in [0.29, 0.717) is 12.5 Å². The summed E-state index contributed by atoms with van der Waals surface area (Å²) in [5, 5.41) is 0. The Kier molecular flexibility index (Phi) is 4.56. The van der Waals surface area contributed by atoms with Crippen LogP contribution >= 0.6 is 0 Å². The van der Waals surface area contributed by atoms with Crippen molar-refractivity contribution in [1.82, 2.24) is 4.90 Å². The molecule has 1 saturated heterocycles. The molecule has 0 atom stereocenters. The lowest BCUT2D eigenvalue weighted by Crippen LogP contribution is -2.46. The molecule has 94 valence electrons. The number of piperidine rings is 1. The van der Waals surface area contributed by atoms with E-state index in [1.54, 1.807) is 4.90 Å². The highest BCUT2D eigenvalue weighted by Crippen LogP contribution is 2.29. The first kappa shape index (κ1) is 13.3. The number of likely N-dealkylation sites (tertiary alicyclic amines) is 1. The molecule has 5 heteroatoms. The van der Waals surface area contributed by atoms with Gasteiger partial charge in [0.25, 0.3) is 0 Å². The number of carbonyl (C=O) groups excluding carboxylic acids is 1. The highest BCUT2D eigenvalue weighted by molar-refractivity contribution is 5.67. The Hall–Kier alpha value is -0.810. The molecule has 5 nitrogen and oxygen atoms in total. The number of ether oxygens (including phenoxy) is 1. The average molecular weight is 230 g/mol. The van der Waals surface area contributed by atoms with Crippen LogP contribution in [0.3, 0.4) is 0 Å². The van der Waals surface area contributed by atoms with Crippen molar-refractivity contribution in [3.63, 3.8) is 0 Å². The van der Waals surface area contributed by atoms with Crippen LogP contribution in [0.15, 0.2) is 0 Å². The van der Waals surface area contributed by atoms with Crippen molar-refractivity contribution in [2.24, 2.45) is 11.8 Å². The third-order valence-electron chi connectivity index (χ3n) is 3.31. The van der Waals surface area contributed by atoms with Crippen molar-refractivity contribution in [2.75, 3.05) is 19.7 Å². The molecular formula is C11H22N2O3. The van der Waals surface area contributed by atoms with Gasteiger partial charge >= 0.3 is 6.09 Å². The minimum Gasteiger partial charge on any atom is -0.450 e. The van der Waals surface area contributed by atoms with Gasteiger partial charge < -0.3 is 9.64 Å². The van der Waals surface area contributed by atoms with Crippen molar-refractivity contribution in [3.8, 4) is 0 Å². The highest BCUT2D eigenvalue weighted by Gasteiger charge is 2.34. The van der Waals surface area contributed by atoms with Crippen LogP contribution in [0.1, 0.15) is 33.6 Å². The number of nitrogens with two attached hydrogens (primary N) is 1. The van der Waals surface area contributed by atoms with Crippen LogP contribution in [0.4, 0.5) is 4.79 Å². The van der Waals surface area contributed by atoms with E-state index in [1.807, 2.05) is 20.8 Å². The fourth-order valence-corrected chi connectivity index (χ4v) is 2.07. The van der Waals surface area contributed by atoms with E-state index in [4.69, 9.17) is 15.5 Å². The van der Waals surface area contributed by atoms with Crippen molar-refractivity contribution in [3.05, 3.63) is 0 Å². The fraction of sp³-hybridized carbons (Fsp3) is 0.909. The first-order chi connectivity index (χ1) is 7.51. The fourth-order valence-electron chi connectivity index (χ4n) is 2.07. The standard InChI is InChI=1S/C11H22N2O3/c1-4-15-10(14)13-7-5-9(6-8-13)11(2,3)16-12/h9H,4-8,12H2,1-3H3. The number of hydrogen-bond donors (Lipinski definition) is 1. The highest BCUT2D eigenvalue weighted by atomic mass is 16.6. The van der Waals surface area contributed by atoms with E-state index in [9.17, 15) is 4.79 Å². The van der Waals surface area contributed by atoms with Crippen LogP contribution in [0.2, 0.25) is 0 Å². The molecule has 0 aromatic rings. The van der Waals surface area contributed by atoms with E-state index in [-0.39, 0.29) is 11.7 Å². The van der Waals surface area contributed by atoms with Gasteiger partial charge in [-0.05, 0) is 39.5 Å². The summed E-state index contributed by atoms with van der Waals surface area (Å²) >= 11 is 0. The third kappa shape index (κ3) is 3.09. The first-order valence-electron chi connectivity index (χ1n) is 5.81. The summed E-state index contributed by atoms with van der Waals surface area (Å²) in [7, 11) is 0. The minimum atomic E-state index is -0.319. The zero-order valence-corrected chi connectivity index (χ0v) is 10.4. The Balaban J connectivity index is 2.42. The van der Waals surface area contributed by atoms with Gasteiger partial charge in [0, 0.05) is 13.1 Å². The summed E-state index contributed by atoms with van der Waals surface area (Å²) in [5.74, 6) is 5.67. The Labute approximate surface area is 96.8 Å². The topological polar surface area (TPSA) is 64.8 Å². The molecule has 1 aliphatic rings. The molecule has 2 N–H and O–H groups in total. The van der Waals surface area contributed by atoms with E-state index in [1.165, 1.54) is 0 Å². The second kappa shape index (κ2) is 5.50. The van der Waals surface area contributed by atoms with Crippen LogP contribution in [0, 0.1) is 5.92 Å². The summed E-state index contributed by atoms with van der Waals surface area (Å²) in [6.45, 7) is 7.65. The summed E-state index contributed by atoms with van der Waals surface area (Å²) in [4.78, 5) is 18.2. The van der Waals surface area contributed by atoms with Gasteiger partial charge in [-0.25, -0.2) is 10.7 Å². The normalized spacial score (nSPS) is 18.6.